The Hall–Kier alpha value is -0.460. The fourth-order valence-corrected chi connectivity index (χ4v) is 15.5. The van der Waals surface area contributed by atoms with Crippen LogP contribution in [0.5, 0.6) is 0 Å². The smallest absolute Gasteiger partial charge is 0.303 e. The van der Waals surface area contributed by atoms with E-state index in [1.165, 1.54) is 31.3 Å². The predicted molar refractivity (Wildman–Crippen MR) is 174 cm³/mol. The van der Waals surface area contributed by atoms with Crippen LogP contribution in [0, 0.1) is 50.7 Å². The Morgan fingerprint density at radius 3 is 2.24 bits per heavy atom. The number of hydrogen-bond donors (Lipinski definition) is 1. The van der Waals surface area contributed by atoms with Crippen LogP contribution in [-0.2, 0) is 14.3 Å². The summed E-state index contributed by atoms with van der Waals surface area (Å²) in [6.45, 7) is 18.4. The summed E-state index contributed by atoms with van der Waals surface area (Å²) in [7, 11) is 0. The van der Waals surface area contributed by atoms with Crippen LogP contribution in [0.4, 0.5) is 0 Å². The monoisotopic (exact) mass is 616 g/mol. The zero-order valence-corrected chi connectivity index (χ0v) is 29.1. The van der Waals surface area contributed by atoms with Crippen molar-refractivity contribution in [2.45, 2.75) is 136 Å². The Balaban J connectivity index is 1.45. The Labute approximate surface area is 263 Å². The number of thioether (sulfide) groups is 2. The molecule has 4 saturated carbocycles. The number of fused-ring (bicyclic) bond motifs is 7. The molecule has 1 N–H and O–H groups in total. The summed E-state index contributed by atoms with van der Waals surface area (Å²) in [4.78, 5) is 26.8. The van der Waals surface area contributed by atoms with Crippen molar-refractivity contribution in [1.82, 2.24) is 0 Å². The molecule has 0 aromatic heterocycles. The summed E-state index contributed by atoms with van der Waals surface area (Å²) in [5.74, 6) is 4.01. The van der Waals surface area contributed by atoms with E-state index in [1.54, 1.807) is 6.92 Å². The molecule has 0 spiro atoms. The van der Waals surface area contributed by atoms with Crippen LogP contribution in [-0.4, -0.2) is 45.2 Å². The van der Waals surface area contributed by atoms with Gasteiger partial charge in [0.2, 0.25) is 0 Å². The molecule has 4 nitrogen and oxygen atoms in total. The molecule has 5 fully saturated rings. The van der Waals surface area contributed by atoms with E-state index in [9.17, 15) is 14.7 Å². The second kappa shape index (κ2) is 10.5. The van der Waals surface area contributed by atoms with Gasteiger partial charge in [-0.3, -0.25) is 9.59 Å². The lowest BCUT2D eigenvalue weighted by atomic mass is 9.33. The van der Waals surface area contributed by atoms with E-state index >= 15 is 0 Å². The molecule has 1 heterocycles. The van der Waals surface area contributed by atoms with E-state index in [-0.39, 0.29) is 55.8 Å². The molecule has 9 atom stereocenters. The molecule has 0 aromatic rings. The number of esters is 1. The Bertz CT molecular complexity index is 1160. The van der Waals surface area contributed by atoms with Crippen LogP contribution in [0.15, 0.2) is 11.1 Å². The highest BCUT2D eigenvalue weighted by molar-refractivity contribution is 8.17. The zero-order valence-electron chi connectivity index (χ0n) is 27.5. The van der Waals surface area contributed by atoms with Gasteiger partial charge in [-0.25, -0.2) is 0 Å². The maximum absolute atomic E-state index is 14.1. The van der Waals surface area contributed by atoms with Crippen LogP contribution < -0.4 is 0 Å². The van der Waals surface area contributed by atoms with E-state index in [1.807, 2.05) is 23.5 Å². The minimum absolute atomic E-state index is 0.0500. The van der Waals surface area contributed by atoms with Crippen molar-refractivity contribution < 1.29 is 19.4 Å². The maximum Gasteiger partial charge on any atom is 0.303 e. The van der Waals surface area contributed by atoms with Crippen molar-refractivity contribution in [1.29, 1.82) is 0 Å². The fourth-order valence-electron chi connectivity index (χ4n) is 12.3. The highest BCUT2D eigenvalue weighted by atomic mass is 32.2. The van der Waals surface area contributed by atoms with Crippen LogP contribution >= 0.6 is 23.5 Å². The summed E-state index contributed by atoms with van der Waals surface area (Å²) < 4.78 is 6.58. The molecule has 42 heavy (non-hydrogen) atoms. The highest BCUT2D eigenvalue weighted by Gasteiger charge is 2.71. The van der Waals surface area contributed by atoms with Crippen molar-refractivity contribution in [3.8, 4) is 0 Å². The Morgan fingerprint density at radius 1 is 0.905 bits per heavy atom. The Kier molecular flexibility index (Phi) is 7.91. The third-order valence-electron chi connectivity index (χ3n) is 14.4. The molecule has 236 valence electrons. The fraction of sp³-hybridized carbons (Fsp3) is 0.889. The number of aliphatic hydroxyl groups is 1. The molecular formula is C36H56O4S2. The van der Waals surface area contributed by atoms with Crippen LogP contribution in [0.1, 0.15) is 120 Å². The van der Waals surface area contributed by atoms with Gasteiger partial charge >= 0.3 is 5.97 Å². The first-order valence-corrected chi connectivity index (χ1v) is 19.1. The number of carbonyl (C=O) groups excluding carboxylic acids is 2. The first kappa shape index (κ1) is 31.5. The second-order valence-corrected chi connectivity index (χ2v) is 19.5. The van der Waals surface area contributed by atoms with Crippen LogP contribution in [0.25, 0.3) is 0 Å². The average molecular weight is 617 g/mol. The summed E-state index contributed by atoms with van der Waals surface area (Å²) in [5, 5.41) is 11.1. The average Bonchev–Trinajstić information content (AvgIpc) is 3.23. The lowest BCUT2D eigenvalue weighted by molar-refractivity contribution is -0.230. The van der Waals surface area contributed by atoms with Gasteiger partial charge in [-0.1, -0.05) is 48.5 Å². The van der Waals surface area contributed by atoms with Gasteiger partial charge in [0.25, 0.3) is 0 Å². The van der Waals surface area contributed by atoms with Gasteiger partial charge in [-0.05, 0) is 126 Å². The largest absolute Gasteiger partial charge is 0.460 e. The Morgan fingerprint density at radius 2 is 1.60 bits per heavy atom. The van der Waals surface area contributed by atoms with E-state index in [4.69, 9.17) is 4.74 Å². The topological polar surface area (TPSA) is 63.6 Å². The van der Waals surface area contributed by atoms with Crippen molar-refractivity contribution >= 4 is 35.3 Å². The van der Waals surface area contributed by atoms with E-state index in [0.29, 0.717) is 30.0 Å². The third-order valence-corrected chi connectivity index (χ3v) is 17.4. The van der Waals surface area contributed by atoms with E-state index < -0.39 is 0 Å². The van der Waals surface area contributed by atoms with Crippen molar-refractivity contribution in [2.75, 3.05) is 11.5 Å². The minimum Gasteiger partial charge on any atom is -0.460 e. The van der Waals surface area contributed by atoms with Crippen LogP contribution in [0.2, 0.25) is 0 Å². The van der Waals surface area contributed by atoms with Crippen molar-refractivity contribution in [3.63, 3.8) is 0 Å². The number of ketones is 1. The number of aliphatic hydroxyl groups excluding tert-OH is 1. The first-order valence-electron chi connectivity index (χ1n) is 17.0. The second-order valence-electron chi connectivity index (χ2n) is 16.7. The molecule has 6 heteroatoms. The number of carbonyl (C=O) groups is 2. The normalized spacial score (nSPS) is 46.0. The van der Waals surface area contributed by atoms with Crippen molar-refractivity contribution in [2.24, 2.45) is 50.7 Å². The van der Waals surface area contributed by atoms with Gasteiger partial charge in [0.1, 0.15) is 6.10 Å². The van der Waals surface area contributed by atoms with E-state index in [0.717, 1.165) is 49.2 Å². The van der Waals surface area contributed by atoms with Gasteiger partial charge in [0.05, 0.1) is 10.7 Å². The predicted octanol–water partition coefficient (Wildman–Crippen LogP) is 8.46. The maximum atomic E-state index is 14.1. The summed E-state index contributed by atoms with van der Waals surface area (Å²) >= 11 is 3.90. The van der Waals surface area contributed by atoms with Gasteiger partial charge in [-0.15, -0.1) is 23.5 Å². The number of allylic oxidation sites excluding steroid dienone is 1. The van der Waals surface area contributed by atoms with E-state index in [2.05, 4.69) is 48.5 Å². The van der Waals surface area contributed by atoms with Gasteiger partial charge < -0.3 is 9.84 Å². The molecule has 1 saturated heterocycles. The summed E-state index contributed by atoms with van der Waals surface area (Å²) in [6, 6.07) is 0. The van der Waals surface area contributed by atoms with Gasteiger partial charge in [0.15, 0.2) is 5.78 Å². The summed E-state index contributed by atoms with van der Waals surface area (Å²) in [5.41, 5.74) is 2.59. The molecule has 1 unspecified atom stereocenters. The lowest BCUT2D eigenvalue weighted by Crippen LogP contribution is -2.66. The molecule has 1 aliphatic heterocycles. The molecule has 0 aromatic carbocycles. The standard InChI is InChI=1S/C36H56O4S2/c1-21(2)28-24(38)20-36(30(40-22(3)37)31-41-18-9-19-42-31)17-16-34(7)23(29(28)36)10-11-26-33(6)14-13-27(39)32(4,5)25(33)12-15-35(26,34)8/h21,23,25-27,30-31,39H,9-20H2,1-8H3/t23-,25+,26-,27+,30?,33+,34-,35-,36-/m1/s1. The quantitative estimate of drug-likeness (QED) is 0.320. The minimum atomic E-state index is -0.365. The van der Waals surface area contributed by atoms with Crippen molar-refractivity contribution in [3.05, 3.63) is 11.1 Å². The molecule has 0 radical (unpaired) electrons. The lowest BCUT2D eigenvalue weighted by Gasteiger charge is -2.72. The van der Waals surface area contributed by atoms with Crippen LogP contribution in [0.3, 0.4) is 0 Å². The molecule has 6 aliphatic rings. The molecule has 0 bridgehead atoms. The van der Waals surface area contributed by atoms with Gasteiger partial charge in [-0.2, -0.15) is 0 Å². The SMILES string of the molecule is CC(=O)OC(C1SCCCS1)[C@@]12CC[C@]3(C)[C@H](CC[C@@H]4[C@@]5(C)CC[C@H](O)C(C)(C)[C@@H]5CC[C@]43C)C1=C(C(C)C)C(=O)C2. The molecule has 6 rings (SSSR count). The number of Topliss-reactive ketones (excluding diaryl/α,β-unsaturated/α-hetero) is 1. The molecular weight excluding hydrogens is 561 g/mol. The highest BCUT2D eigenvalue weighted by Crippen LogP contribution is 2.77. The summed E-state index contributed by atoms with van der Waals surface area (Å²) in [6.07, 6.45) is 10.0. The molecule has 0 amide bonds. The first-order chi connectivity index (χ1) is 19.6. The molecule has 5 aliphatic carbocycles. The third kappa shape index (κ3) is 4.25. The zero-order chi connectivity index (χ0) is 30.5. The number of hydrogen-bond acceptors (Lipinski definition) is 6. The number of rotatable bonds is 4. The number of ether oxygens (including phenoxy) is 1. The van der Waals surface area contributed by atoms with Gasteiger partial charge in [0, 0.05) is 18.8 Å².